The van der Waals surface area contributed by atoms with Crippen molar-refractivity contribution in [3.63, 3.8) is 0 Å². The summed E-state index contributed by atoms with van der Waals surface area (Å²) >= 11 is 0. The number of ether oxygens (including phenoxy) is 1. The van der Waals surface area contributed by atoms with E-state index >= 15 is 0 Å². The van der Waals surface area contributed by atoms with Gasteiger partial charge < -0.3 is 10.1 Å². The molecule has 0 bridgehead atoms. The molecule has 3 aromatic rings. The lowest BCUT2D eigenvalue weighted by Gasteiger charge is -2.08. The van der Waals surface area contributed by atoms with Crippen molar-refractivity contribution in [3.8, 4) is 16.9 Å². The number of hydrogen-bond donors (Lipinski definition) is 1. The maximum Gasteiger partial charge on any atom is 0.253 e. The second-order valence-electron chi connectivity index (χ2n) is 6.49. The van der Waals surface area contributed by atoms with E-state index in [-0.39, 0.29) is 5.91 Å². The molecule has 0 saturated heterocycles. The lowest BCUT2D eigenvalue weighted by atomic mass is 10.0. The molecular weight excluding hydrogens is 324 g/mol. The van der Waals surface area contributed by atoms with Crippen LogP contribution in [-0.4, -0.2) is 17.5 Å². The number of hydrogen-bond acceptors (Lipinski definition) is 3. The number of nitrogens with one attached hydrogen (secondary N) is 1. The molecule has 1 N–H and O–H groups in total. The van der Waals surface area contributed by atoms with Crippen molar-refractivity contribution in [2.75, 3.05) is 6.61 Å². The minimum Gasteiger partial charge on any atom is -0.493 e. The Kier molecular flexibility index (Phi) is 4.40. The largest absolute Gasteiger partial charge is 0.493 e. The molecule has 0 fully saturated rings. The zero-order chi connectivity index (χ0) is 17.9. The smallest absolute Gasteiger partial charge is 0.253 e. The van der Waals surface area contributed by atoms with Gasteiger partial charge in [-0.05, 0) is 53.4 Å². The lowest BCUT2D eigenvalue weighted by Crippen LogP contribution is -2.22. The third-order valence-corrected chi connectivity index (χ3v) is 4.60. The number of amides is 1. The van der Waals surface area contributed by atoms with Crippen LogP contribution in [0, 0.1) is 6.92 Å². The quantitative estimate of drug-likeness (QED) is 0.780. The standard InChI is InChI=1S/C22H20N2O2/c1-15-2-5-20(14-23-15)22(25)24-13-16-3-6-17(7-4-16)18-8-9-21-19(12-18)10-11-26-21/h2-9,12,14H,10-11,13H2,1H3,(H,24,25). The van der Waals surface area contributed by atoms with Crippen LogP contribution in [0.5, 0.6) is 5.75 Å². The van der Waals surface area contributed by atoms with Gasteiger partial charge in [-0.2, -0.15) is 0 Å². The fourth-order valence-electron chi connectivity index (χ4n) is 3.07. The van der Waals surface area contributed by atoms with Gasteiger partial charge in [0.25, 0.3) is 5.91 Å². The summed E-state index contributed by atoms with van der Waals surface area (Å²) in [7, 11) is 0. The second-order valence-corrected chi connectivity index (χ2v) is 6.49. The van der Waals surface area contributed by atoms with Gasteiger partial charge in [0.2, 0.25) is 0 Å². The molecule has 4 heteroatoms. The number of rotatable bonds is 4. The third-order valence-electron chi connectivity index (χ3n) is 4.60. The average molecular weight is 344 g/mol. The highest BCUT2D eigenvalue weighted by atomic mass is 16.5. The molecular formula is C22H20N2O2. The van der Waals surface area contributed by atoms with Crippen LogP contribution in [0.1, 0.15) is 27.2 Å². The average Bonchev–Trinajstić information content (AvgIpc) is 3.15. The highest BCUT2D eigenvalue weighted by Crippen LogP contribution is 2.30. The highest BCUT2D eigenvalue weighted by molar-refractivity contribution is 5.93. The van der Waals surface area contributed by atoms with Gasteiger partial charge in [0.15, 0.2) is 0 Å². The maximum absolute atomic E-state index is 12.2. The van der Waals surface area contributed by atoms with E-state index in [4.69, 9.17) is 4.74 Å². The number of pyridine rings is 1. The zero-order valence-electron chi connectivity index (χ0n) is 14.7. The first-order valence-corrected chi connectivity index (χ1v) is 8.75. The minimum absolute atomic E-state index is 0.111. The van der Waals surface area contributed by atoms with E-state index in [0.29, 0.717) is 12.1 Å². The fraction of sp³-hybridized carbons (Fsp3) is 0.182. The Morgan fingerprint density at radius 3 is 2.65 bits per heavy atom. The Balaban J connectivity index is 1.41. The van der Waals surface area contributed by atoms with Crippen LogP contribution in [0.15, 0.2) is 60.8 Å². The molecule has 0 unspecified atom stereocenters. The Morgan fingerprint density at radius 2 is 1.88 bits per heavy atom. The van der Waals surface area contributed by atoms with Crippen molar-refractivity contribution in [2.24, 2.45) is 0 Å². The summed E-state index contributed by atoms with van der Waals surface area (Å²) in [4.78, 5) is 16.3. The first kappa shape index (κ1) is 16.3. The van der Waals surface area contributed by atoms with Crippen LogP contribution in [-0.2, 0) is 13.0 Å². The van der Waals surface area contributed by atoms with Crippen molar-refractivity contribution >= 4 is 5.91 Å². The summed E-state index contributed by atoms with van der Waals surface area (Å²) in [5, 5.41) is 2.93. The number of nitrogens with zero attached hydrogens (tertiary/aromatic N) is 1. The summed E-state index contributed by atoms with van der Waals surface area (Å²) in [6, 6.07) is 18.2. The molecule has 2 aromatic carbocycles. The number of carbonyl (C=O) groups excluding carboxylic acids is 1. The van der Waals surface area contributed by atoms with Gasteiger partial charge in [0, 0.05) is 24.9 Å². The number of aromatic nitrogens is 1. The second kappa shape index (κ2) is 7.00. The van der Waals surface area contributed by atoms with E-state index in [0.717, 1.165) is 35.6 Å². The summed E-state index contributed by atoms with van der Waals surface area (Å²) in [5.41, 5.74) is 6.16. The monoisotopic (exact) mass is 344 g/mol. The van der Waals surface area contributed by atoms with E-state index in [1.54, 1.807) is 12.3 Å². The molecule has 0 atom stereocenters. The van der Waals surface area contributed by atoms with Gasteiger partial charge in [-0.3, -0.25) is 9.78 Å². The molecule has 2 heterocycles. The molecule has 130 valence electrons. The van der Waals surface area contributed by atoms with Crippen molar-refractivity contribution in [2.45, 2.75) is 19.9 Å². The van der Waals surface area contributed by atoms with Gasteiger partial charge in [-0.1, -0.05) is 30.3 Å². The molecule has 0 radical (unpaired) electrons. The van der Waals surface area contributed by atoms with Crippen molar-refractivity contribution in [3.05, 3.63) is 83.2 Å². The molecule has 4 rings (SSSR count). The van der Waals surface area contributed by atoms with Crippen molar-refractivity contribution < 1.29 is 9.53 Å². The minimum atomic E-state index is -0.111. The Morgan fingerprint density at radius 1 is 1.08 bits per heavy atom. The summed E-state index contributed by atoms with van der Waals surface area (Å²) in [6.45, 7) is 3.16. The highest BCUT2D eigenvalue weighted by Gasteiger charge is 2.12. The van der Waals surface area contributed by atoms with Gasteiger partial charge in [0.1, 0.15) is 5.75 Å². The predicted octanol–water partition coefficient (Wildman–Crippen LogP) is 3.92. The normalized spacial score (nSPS) is 12.3. The first-order valence-electron chi connectivity index (χ1n) is 8.75. The van der Waals surface area contributed by atoms with Crippen molar-refractivity contribution in [1.82, 2.24) is 10.3 Å². The molecule has 0 saturated carbocycles. The molecule has 1 amide bonds. The molecule has 26 heavy (non-hydrogen) atoms. The van der Waals surface area contributed by atoms with E-state index in [1.165, 1.54) is 11.1 Å². The SMILES string of the molecule is Cc1ccc(C(=O)NCc2ccc(-c3ccc4c(c3)CCO4)cc2)cn1. The zero-order valence-corrected chi connectivity index (χ0v) is 14.7. The van der Waals surface area contributed by atoms with Crippen LogP contribution in [0.2, 0.25) is 0 Å². The Hall–Kier alpha value is -3.14. The number of carbonyl (C=O) groups is 1. The van der Waals surface area contributed by atoms with Crippen LogP contribution in [0.4, 0.5) is 0 Å². The van der Waals surface area contributed by atoms with Crippen molar-refractivity contribution in [1.29, 1.82) is 0 Å². The Labute approximate surface area is 152 Å². The molecule has 0 aliphatic carbocycles. The molecule has 0 spiro atoms. The van der Waals surface area contributed by atoms with Gasteiger partial charge in [-0.25, -0.2) is 0 Å². The van der Waals surface area contributed by atoms with Gasteiger partial charge in [0.05, 0.1) is 12.2 Å². The number of benzene rings is 2. The molecule has 1 aliphatic heterocycles. The van der Waals surface area contributed by atoms with Crippen LogP contribution in [0.3, 0.4) is 0 Å². The summed E-state index contributed by atoms with van der Waals surface area (Å²) in [6.07, 6.45) is 2.58. The lowest BCUT2D eigenvalue weighted by molar-refractivity contribution is 0.0950. The summed E-state index contributed by atoms with van der Waals surface area (Å²) in [5.74, 6) is 0.888. The number of aryl methyl sites for hydroxylation is 1. The maximum atomic E-state index is 12.2. The summed E-state index contributed by atoms with van der Waals surface area (Å²) < 4.78 is 5.56. The fourth-order valence-corrected chi connectivity index (χ4v) is 3.07. The van der Waals surface area contributed by atoms with Crippen LogP contribution >= 0.6 is 0 Å². The van der Waals surface area contributed by atoms with E-state index < -0.39 is 0 Å². The van der Waals surface area contributed by atoms with Gasteiger partial charge in [-0.15, -0.1) is 0 Å². The van der Waals surface area contributed by atoms with E-state index in [1.807, 2.05) is 31.2 Å². The van der Waals surface area contributed by atoms with E-state index in [9.17, 15) is 4.79 Å². The van der Waals surface area contributed by atoms with Crippen LogP contribution < -0.4 is 10.1 Å². The number of fused-ring (bicyclic) bond motifs is 1. The molecule has 1 aromatic heterocycles. The van der Waals surface area contributed by atoms with E-state index in [2.05, 4.69) is 34.6 Å². The third kappa shape index (κ3) is 3.45. The Bertz CT molecular complexity index is 931. The molecule has 1 aliphatic rings. The topological polar surface area (TPSA) is 51.2 Å². The predicted molar refractivity (Wildman–Crippen MR) is 101 cm³/mol. The first-order chi connectivity index (χ1) is 12.7. The molecule has 4 nitrogen and oxygen atoms in total. The van der Waals surface area contributed by atoms with Crippen LogP contribution in [0.25, 0.3) is 11.1 Å². The van der Waals surface area contributed by atoms with Gasteiger partial charge >= 0.3 is 0 Å².